The zero-order valence-corrected chi connectivity index (χ0v) is 24.8. The van der Waals surface area contributed by atoms with Gasteiger partial charge in [0.25, 0.3) is 0 Å². The Hall–Kier alpha value is -3.13. The van der Waals surface area contributed by atoms with Crippen molar-refractivity contribution in [1.29, 1.82) is 0 Å². The molecule has 2 N–H and O–H groups in total. The van der Waals surface area contributed by atoms with Gasteiger partial charge >= 0.3 is 11.9 Å². The lowest BCUT2D eigenvalue weighted by Crippen LogP contribution is -2.40. The van der Waals surface area contributed by atoms with E-state index in [2.05, 4.69) is 5.32 Å². The molecule has 2 heterocycles. The first-order chi connectivity index (χ1) is 19.2. The van der Waals surface area contributed by atoms with Crippen molar-refractivity contribution in [2.45, 2.75) is 78.6 Å². The number of hydroxylamine groups is 1. The van der Waals surface area contributed by atoms with Gasteiger partial charge in [0.15, 0.2) is 14.4 Å². The van der Waals surface area contributed by atoms with E-state index in [1.54, 1.807) is 13.0 Å². The van der Waals surface area contributed by atoms with Gasteiger partial charge in [-0.05, 0) is 83.2 Å². The summed E-state index contributed by atoms with van der Waals surface area (Å²) in [7, 11) is -1.55. The number of nitrogens with one attached hydrogen (secondary N) is 1. The second-order valence-corrected chi connectivity index (χ2v) is 11.1. The Balaban J connectivity index is 1.47. The molecule has 0 saturated carbocycles. The largest absolute Gasteiger partial charge is 0.507 e. The highest BCUT2D eigenvalue weighted by molar-refractivity contribution is 7.20. The topological polar surface area (TPSA) is 114 Å². The highest BCUT2D eigenvalue weighted by atomic mass is 31.1. The highest BCUT2D eigenvalue weighted by Crippen LogP contribution is 2.38. The highest BCUT2D eigenvalue weighted by Gasteiger charge is 2.31. The number of carbonyl (C=O) groups is 2. The van der Waals surface area contributed by atoms with E-state index < -0.39 is 26.6 Å². The summed E-state index contributed by atoms with van der Waals surface area (Å²) in [5, 5.41) is 14.2. The zero-order valence-electron chi connectivity index (χ0n) is 23.6. The maximum absolute atomic E-state index is 12.7. The average molecular weight is 571 g/mol. The van der Waals surface area contributed by atoms with Gasteiger partial charge in [-0.15, -0.1) is 0 Å². The number of aromatic hydroxyl groups is 1. The third-order valence-electron chi connectivity index (χ3n) is 7.70. The average Bonchev–Trinajstić information content (AvgIpc) is 3.35. The Morgan fingerprint density at radius 1 is 1.27 bits per heavy atom. The first-order valence-electron chi connectivity index (χ1n) is 13.8. The van der Waals surface area contributed by atoms with Crippen LogP contribution in [0.2, 0.25) is 0 Å². The van der Waals surface area contributed by atoms with Gasteiger partial charge in [-0.3, -0.25) is 4.79 Å². The normalized spacial score (nSPS) is 16.8. The van der Waals surface area contributed by atoms with Crippen LogP contribution in [0.1, 0.15) is 71.8 Å². The molecule has 2 aromatic carbocycles. The number of ether oxygens (including phenoxy) is 2. The quantitative estimate of drug-likeness (QED) is 0.173. The molecule has 9 nitrogen and oxygen atoms in total. The van der Waals surface area contributed by atoms with Gasteiger partial charge in [-0.25, -0.2) is 4.79 Å². The van der Waals surface area contributed by atoms with E-state index in [4.69, 9.17) is 14.3 Å². The molecule has 1 fully saturated rings. The molecule has 2 aliphatic rings. The van der Waals surface area contributed by atoms with Crippen molar-refractivity contribution in [3.8, 4) is 11.5 Å². The summed E-state index contributed by atoms with van der Waals surface area (Å²) in [5.41, 5.74) is 5.70. The molecule has 0 spiro atoms. The van der Waals surface area contributed by atoms with Gasteiger partial charge in [0, 0.05) is 16.7 Å². The van der Waals surface area contributed by atoms with Crippen LogP contribution in [0.3, 0.4) is 0 Å². The molecule has 2 aliphatic heterocycles. The van der Waals surface area contributed by atoms with Gasteiger partial charge in [0.1, 0.15) is 30.1 Å². The number of nitrogens with zero attached hydrogens (tertiary/aromatic N) is 1. The van der Waals surface area contributed by atoms with Crippen LogP contribution in [0.5, 0.6) is 11.5 Å². The molecule has 1 saturated heterocycles. The Morgan fingerprint density at radius 3 is 2.70 bits per heavy atom. The fraction of sp³-hybridized carbons (Fsp3) is 0.467. The predicted molar refractivity (Wildman–Crippen MR) is 153 cm³/mol. The zero-order chi connectivity index (χ0) is 28.8. The fourth-order valence-corrected chi connectivity index (χ4v) is 5.78. The van der Waals surface area contributed by atoms with Gasteiger partial charge in [0.05, 0.1) is 0 Å². The van der Waals surface area contributed by atoms with E-state index in [-0.39, 0.29) is 24.0 Å². The predicted octanol–water partition coefficient (Wildman–Crippen LogP) is 4.62. The molecule has 216 valence electrons. The van der Waals surface area contributed by atoms with Crippen LogP contribution in [0, 0.1) is 6.92 Å². The van der Waals surface area contributed by atoms with Crippen LogP contribution in [0.15, 0.2) is 35.9 Å². The van der Waals surface area contributed by atoms with Gasteiger partial charge in [0.2, 0.25) is 0 Å². The third-order valence-corrected chi connectivity index (χ3v) is 8.46. The monoisotopic (exact) mass is 570 g/mol. The van der Waals surface area contributed by atoms with Crippen LogP contribution in [-0.4, -0.2) is 47.1 Å². The van der Waals surface area contributed by atoms with E-state index in [0.29, 0.717) is 18.6 Å². The van der Waals surface area contributed by atoms with Crippen LogP contribution < -0.4 is 10.2 Å². The van der Waals surface area contributed by atoms with E-state index in [0.717, 1.165) is 65.7 Å². The molecule has 40 heavy (non-hydrogen) atoms. The molecule has 1 unspecified atom stereocenters. The summed E-state index contributed by atoms with van der Waals surface area (Å²) in [6, 6.07) is 6.61. The van der Waals surface area contributed by atoms with E-state index in [9.17, 15) is 19.3 Å². The summed E-state index contributed by atoms with van der Waals surface area (Å²) in [5.74, 6) is -0.422. The summed E-state index contributed by atoms with van der Waals surface area (Å²) < 4.78 is 22.9. The fourth-order valence-electron chi connectivity index (χ4n) is 5.31. The van der Waals surface area contributed by atoms with Gasteiger partial charge < -0.3 is 29.3 Å². The second kappa shape index (κ2) is 13.5. The van der Waals surface area contributed by atoms with Crippen LogP contribution >= 0.6 is 8.61 Å². The van der Waals surface area contributed by atoms with Crippen molar-refractivity contribution in [3.63, 3.8) is 0 Å². The lowest BCUT2D eigenvalue weighted by molar-refractivity contribution is -0.160. The second-order valence-electron chi connectivity index (χ2n) is 10.4. The number of phenolic OH excluding ortho intramolecular Hbond substituents is 1. The first kappa shape index (κ1) is 29.8. The van der Waals surface area contributed by atoms with Gasteiger partial charge in [-0.2, -0.15) is 0 Å². The van der Waals surface area contributed by atoms with Gasteiger partial charge in [-0.1, -0.05) is 41.6 Å². The summed E-state index contributed by atoms with van der Waals surface area (Å²) in [6.45, 7) is 9.43. The van der Waals surface area contributed by atoms with Crippen molar-refractivity contribution >= 4 is 20.5 Å². The Morgan fingerprint density at radius 2 is 2.00 bits per heavy atom. The molecule has 0 amide bonds. The van der Waals surface area contributed by atoms with Crippen molar-refractivity contribution in [2.24, 2.45) is 0 Å². The number of piperidine rings is 1. The first-order valence-corrected chi connectivity index (χ1v) is 14.8. The Bertz CT molecular complexity index is 1300. The van der Waals surface area contributed by atoms with Crippen molar-refractivity contribution < 1.29 is 33.6 Å². The van der Waals surface area contributed by atoms with Crippen LogP contribution in [0.25, 0.3) is 0 Å². The number of benzene rings is 2. The molecule has 4 rings (SSSR count). The summed E-state index contributed by atoms with van der Waals surface area (Å²) >= 11 is 0. The molecule has 10 heteroatoms. The Kier molecular flexibility index (Phi) is 10.1. The summed E-state index contributed by atoms with van der Waals surface area (Å²) in [6.07, 6.45) is 5.13. The molecule has 0 aromatic heterocycles. The van der Waals surface area contributed by atoms with Crippen molar-refractivity contribution in [1.82, 2.24) is 10.2 Å². The number of cyclic esters (lactones) is 1. The minimum atomic E-state index is -1.55. The van der Waals surface area contributed by atoms with E-state index in [1.807, 2.05) is 45.0 Å². The molecular formula is C30H39N2O7P. The molecule has 0 radical (unpaired) electrons. The molecule has 2 atom stereocenters. The molecule has 0 aliphatic carbocycles. The summed E-state index contributed by atoms with van der Waals surface area (Å²) in [4.78, 5) is 32.2. The number of para-hydroxylation sites is 1. The number of fused-ring (bicyclic) bond motifs is 1. The molecular weight excluding hydrogens is 531 g/mol. The number of rotatable bonds is 11. The molecule has 0 bridgehead atoms. The van der Waals surface area contributed by atoms with E-state index >= 15 is 0 Å². The number of hydrogen-bond acceptors (Lipinski definition) is 8. The standard InChI is InChI=1S/C30H39N2O7P/c1-5-23-19(3)25-17-37-30(35)27(25)28(33)24(23)11-10-18(2)16-21-8-6-7-9-26(21)39-32(40-36)20(4)29(34)38-22-12-14-31-15-13-22/h6-10,20,22,31,33H,5,11-17,40H2,1-4H3/t20-/m0/s1. The number of hydrogen-bond donors (Lipinski definition) is 2. The Labute approximate surface area is 236 Å². The lowest BCUT2D eigenvalue weighted by Gasteiger charge is -2.27. The maximum atomic E-state index is 12.7. The van der Waals surface area contributed by atoms with Crippen molar-refractivity contribution in [3.05, 3.63) is 69.3 Å². The lowest BCUT2D eigenvalue weighted by atomic mass is 9.89. The number of carbonyl (C=O) groups excluding carboxylic acids is 2. The smallest absolute Gasteiger partial charge is 0.342 e. The minimum Gasteiger partial charge on any atom is -0.507 e. The number of esters is 2. The number of allylic oxidation sites excluding steroid dienone is 2. The SMILES string of the molecule is CCc1c(C)c2c(c(O)c1CC=C(C)Cc1ccccc1ON([PH2]=O)[C@@H](C)C(=O)OC1CCNCC1)C(=O)OC2. The van der Waals surface area contributed by atoms with E-state index in [1.165, 1.54) is 4.83 Å². The van der Waals surface area contributed by atoms with Crippen molar-refractivity contribution in [2.75, 3.05) is 13.1 Å². The number of phenols is 1. The van der Waals surface area contributed by atoms with Crippen LogP contribution in [0.4, 0.5) is 0 Å². The molecule has 2 aromatic rings. The minimum absolute atomic E-state index is 0.00663. The van der Waals surface area contributed by atoms with Crippen LogP contribution in [-0.2, 0) is 44.7 Å². The third kappa shape index (κ3) is 6.60. The maximum Gasteiger partial charge on any atom is 0.342 e.